The molecule has 0 bridgehead atoms. The van der Waals surface area contributed by atoms with Gasteiger partial charge in [0.25, 0.3) is 0 Å². The summed E-state index contributed by atoms with van der Waals surface area (Å²) >= 11 is -0.293. The van der Waals surface area contributed by atoms with Gasteiger partial charge in [0.15, 0.2) is 0 Å². The van der Waals surface area contributed by atoms with Gasteiger partial charge in [0.05, 0.1) is 10.6 Å². The molecule has 0 aliphatic rings. The quantitative estimate of drug-likeness (QED) is 0.622. The molecule has 3 rings (SSSR count). The molecule has 0 unspecified atom stereocenters. The van der Waals surface area contributed by atoms with Gasteiger partial charge in [0.1, 0.15) is 0 Å². The van der Waals surface area contributed by atoms with E-state index in [0.717, 1.165) is 35.5 Å². The van der Waals surface area contributed by atoms with Crippen molar-refractivity contribution in [2.24, 2.45) is 0 Å². The first-order chi connectivity index (χ1) is 12.7. The standard InChI is InChI=1S/C17H14F3N3O2S2/c18-17(19,20)26-15-5-7-16(8-6-15)27(24,25)22-12-13-3-1-4-14(11-13)23-10-2-9-21-23/h1-11,22H,12H2. The fraction of sp³-hybridized carbons (Fsp3) is 0.118. The van der Waals surface area contributed by atoms with E-state index in [1.54, 1.807) is 41.3 Å². The number of thioether (sulfide) groups is 1. The van der Waals surface area contributed by atoms with E-state index in [-0.39, 0.29) is 28.1 Å². The average molecular weight is 413 g/mol. The van der Waals surface area contributed by atoms with Crippen LogP contribution < -0.4 is 4.72 Å². The van der Waals surface area contributed by atoms with Crippen LogP contribution in [-0.4, -0.2) is 23.7 Å². The van der Waals surface area contributed by atoms with Crippen LogP contribution in [0.4, 0.5) is 13.2 Å². The van der Waals surface area contributed by atoms with E-state index >= 15 is 0 Å². The largest absolute Gasteiger partial charge is 0.446 e. The second kappa shape index (κ2) is 7.75. The molecule has 10 heteroatoms. The summed E-state index contributed by atoms with van der Waals surface area (Å²) < 4.78 is 65.8. The Balaban J connectivity index is 1.69. The fourth-order valence-corrected chi connectivity index (χ4v) is 3.87. The molecular formula is C17H14F3N3O2S2. The van der Waals surface area contributed by atoms with Crippen molar-refractivity contribution in [3.8, 4) is 5.69 Å². The van der Waals surface area contributed by atoms with E-state index in [4.69, 9.17) is 0 Å². The molecule has 27 heavy (non-hydrogen) atoms. The molecule has 1 aromatic heterocycles. The Hall–Kier alpha value is -2.30. The summed E-state index contributed by atoms with van der Waals surface area (Å²) in [6, 6.07) is 13.5. The number of hydrogen-bond donors (Lipinski definition) is 1. The molecule has 3 aromatic rings. The molecule has 0 saturated carbocycles. The topological polar surface area (TPSA) is 64.0 Å². The van der Waals surface area contributed by atoms with Crippen molar-refractivity contribution in [1.82, 2.24) is 14.5 Å². The van der Waals surface area contributed by atoms with Gasteiger partial charge in [-0.05, 0) is 59.8 Å². The van der Waals surface area contributed by atoms with Gasteiger partial charge >= 0.3 is 5.51 Å². The second-order valence-corrected chi connectivity index (χ2v) is 8.37. The van der Waals surface area contributed by atoms with Crippen LogP contribution in [0.3, 0.4) is 0 Å². The second-order valence-electron chi connectivity index (χ2n) is 5.46. The third kappa shape index (κ3) is 5.34. The number of rotatable bonds is 6. The summed E-state index contributed by atoms with van der Waals surface area (Å²) in [5.74, 6) is 0. The van der Waals surface area contributed by atoms with Crippen LogP contribution in [0.5, 0.6) is 0 Å². The minimum atomic E-state index is -4.42. The molecule has 1 N–H and O–H groups in total. The number of alkyl halides is 3. The Morgan fingerprint density at radius 1 is 1.07 bits per heavy atom. The lowest BCUT2D eigenvalue weighted by atomic mass is 10.2. The summed E-state index contributed by atoms with van der Waals surface area (Å²) in [5, 5.41) is 4.11. The highest BCUT2D eigenvalue weighted by Gasteiger charge is 2.29. The third-order valence-electron chi connectivity index (χ3n) is 3.51. The smallest absolute Gasteiger partial charge is 0.241 e. The highest BCUT2D eigenvalue weighted by atomic mass is 32.2. The Bertz CT molecular complexity index is 1000. The Labute approximate surface area is 158 Å². The summed E-state index contributed by atoms with van der Waals surface area (Å²) in [4.78, 5) is -0.175. The lowest BCUT2D eigenvalue weighted by molar-refractivity contribution is -0.0328. The number of hydrogen-bond acceptors (Lipinski definition) is 4. The maximum atomic E-state index is 12.4. The monoisotopic (exact) mass is 413 g/mol. The predicted molar refractivity (Wildman–Crippen MR) is 95.9 cm³/mol. The lowest BCUT2D eigenvalue weighted by Gasteiger charge is -2.10. The first-order valence-electron chi connectivity index (χ1n) is 7.67. The summed E-state index contributed by atoms with van der Waals surface area (Å²) in [6.07, 6.45) is 3.40. The normalized spacial score (nSPS) is 12.3. The minimum absolute atomic E-state index is 0.0382. The van der Waals surface area contributed by atoms with E-state index in [9.17, 15) is 21.6 Å². The summed E-state index contributed by atoms with van der Waals surface area (Å²) in [7, 11) is -3.85. The molecule has 0 radical (unpaired) electrons. The maximum Gasteiger partial charge on any atom is 0.446 e. The van der Waals surface area contributed by atoms with Crippen LogP contribution in [-0.2, 0) is 16.6 Å². The van der Waals surface area contributed by atoms with Crippen molar-refractivity contribution in [2.75, 3.05) is 0 Å². The molecule has 142 valence electrons. The van der Waals surface area contributed by atoms with E-state index in [1.807, 2.05) is 6.07 Å². The van der Waals surface area contributed by atoms with Gasteiger partial charge in [0.2, 0.25) is 10.0 Å². The number of benzene rings is 2. The molecule has 5 nitrogen and oxygen atoms in total. The number of aromatic nitrogens is 2. The summed E-state index contributed by atoms with van der Waals surface area (Å²) in [5.41, 5.74) is -2.92. The van der Waals surface area contributed by atoms with Crippen LogP contribution in [0, 0.1) is 0 Å². The molecule has 0 aliphatic heterocycles. The molecule has 0 aliphatic carbocycles. The zero-order chi connectivity index (χ0) is 19.5. The van der Waals surface area contributed by atoms with Crippen LogP contribution in [0.15, 0.2) is 76.8 Å². The Morgan fingerprint density at radius 3 is 2.44 bits per heavy atom. The van der Waals surface area contributed by atoms with Crippen molar-refractivity contribution in [3.63, 3.8) is 0 Å². The van der Waals surface area contributed by atoms with Crippen molar-refractivity contribution >= 4 is 21.8 Å². The average Bonchev–Trinajstić information content (AvgIpc) is 3.14. The zero-order valence-electron chi connectivity index (χ0n) is 13.7. The van der Waals surface area contributed by atoms with Gasteiger partial charge in [-0.2, -0.15) is 18.3 Å². The molecule has 0 amide bonds. The highest BCUT2D eigenvalue weighted by molar-refractivity contribution is 8.00. The first kappa shape index (κ1) is 19.5. The zero-order valence-corrected chi connectivity index (χ0v) is 15.4. The number of nitrogens with one attached hydrogen (secondary N) is 1. The van der Waals surface area contributed by atoms with Gasteiger partial charge in [0, 0.05) is 23.8 Å². The molecular weight excluding hydrogens is 399 g/mol. The van der Waals surface area contributed by atoms with E-state index in [0.29, 0.717) is 0 Å². The minimum Gasteiger partial charge on any atom is -0.241 e. The van der Waals surface area contributed by atoms with E-state index < -0.39 is 15.5 Å². The van der Waals surface area contributed by atoms with Crippen molar-refractivity contribution in [2.45, 2.75) is 21.8 Å². The predicted octanol–water partition coefficient (Wildman–Crippen LogP) is 3.96. The summed E-state index contributed by atoms with van der Waals surface area (Å²) in [6.45, 7) is 0.0382. The molecule has 1 heterocycles. The maximum absolute atomic E-state index is 12.4. The van der Waals surface area contributed by atoms with Crippen LogP contribution in [0.25, 0.3) is 5.69 Å². The van der Waals surface area contributed by atoms with Crippen LogP contribution >= 0.6 is 11.8 Å². The van der Waals surface area contributed by atoms with Crippen LogP contribution in [0.2, 0.25) is 0 Å². The fourth-order valence-electron chi connectivity index (χ4n) is 2.31. The molecule has 0 fully saturated rings. The molecule has 2 aromatic carbocycles. The van der Waals surface area contributed by atoms with Gasteiger partial charge < -0.3 is 0 Å². The Morgan fingerprint density at radius 2 is 1.81 bits per heavy atom. The first-order valence-corrected chi connectivity index (χ1v) is 9.97. The van der Waals surface area contributed by atoms with Gasteiger partial charge in [-0.25, -0.2) is 17.8 Å². The van der Waals surface area contributed by atoms with E-state index in [2.05, 4.69) is 9.82 Å². The van der Waals surface area contributed by atoms with E-state index in [1.165, 1.54) is 0 Å². The third-order valence-corrected chi connectivity index (χ3v) is 5.67. The van der Waals surface area contributed by atoms with Gasteiger partial charge in [-0.1, -0.05) is 12.1 Å². The van der Waals surface area contributed by atoms with Crippen molar-refractivity contribution < 1.29 is 21.6 Å². The van der Waals surface area contributed by atoms with Crippen LogP contribution in [0.1, 0.15) is 5.56 Å². The Kier molecular flexibility index (Phi) is 5.59. The molecule has 0 saturated heterocycles. The SMILES string of the molecule is O=S(=O)(NCc1cccc(-n2cccn2)c1)c1ccc(SC(F)(F)F)cc1. The molecule has 0 atom stereocenters. The number of halogens is 3. The highest BCUT2D eigenvalue weighted by Crippen LogP contribution is 2.36. The van der Waals surface area contributed by atoms with Crippen molar-refractivity contribution in [1.29, 1.82) is 0 Å². The van der Waals surface area contributed by atoms with Gasteiger partial charge in [-0.15, -0.1) is 0 Å². The van der Waals surface area contributed by atoms with Crippen molar-refractivity contribution in [3.05, 3.63) is 72.6 Å². The lowest BCUT2D eigenvalue weighted by Crippen LogP contribution is -2.23. The van der Waals surface area contributed by atoms with Gasteiger partial charge in [-0.3, -0.25) is 0 Å². The number of sulfonamides is 1. The number of nitrogens with zero attached hydrogens (tertiary/aromatic N) is 2. The molecule has 0 spiro atoms.